The average molecular weight is 310 g/mol. The molecule has 0 aliphatic carbocycles. The molecule has 2 N–H and O–H groups in total. The van der Waals surface area contributed by atoms with Crippen molar-refractivity contribution in [2.24, 2.45) is 0 Å². The van der Waals surface area contributed by atoms with E-state index in [9.17, 15) is 4.39 Å². The first-order valence-corrected chi connectivity index (χ1v) is 6.85. The number of nitrogens with zero attached hydrogens (tertiary/aromatic N) is 5. The number of fused-ring (bicyclic) bond motifs is 1. The quantitative estimate of drug-likeness (QED) is 0.623. The van der Waals surface area contributed by atoms with Crippen LogP contribution >= 0.6 is 0 Å². The van der Waals surface area contributed by atoms with Crippen molar-refractivity contribution >= 4 is 16.9 Å². The van der Waals surface area contributed by atoms with Crippen molar-refractivity contribution in [2.75, 3.05) is 5.73 Å². The fraction of sp³-hybridized carbons (Fsp3) is 0.0667. The molecule has 0 unspecified atom stereocenters. The topological polar surface area (TPSA) is 95.7 Å². The van der Waals surface area contributed by atoms with Crippen LogP contribution in [-0.4, -0.2) is 24.9 Å². The fourth-order valence-electron chi connectivity index (χ4n) is 2.49. The van der Waals surface area contributed by atoms with Crippen molar-refractivity contribution in [3.05, 3.63) is 54.3 Å². The summed E-state index contributed by atoms with van der Waals surface area (Å²) in [6.45, 7) is 0.297. The molecule has 0 saturated carbocycles. The minimum Gasteiger partial charge on any atom is -0.380 e. The molecular weight excluding hydrogens is 299 g/mol. The normalized spacial score (nSPS) is 11.2. The maximum absolute atomic E-state index is 14.3. The van der Waals surface area contributed by atoms with Gasteiger partial charge in [0.05, 0.1) is 17.8 Å². The summed E-state index contributed by atoms with van der Waals surface area (Å²) >= 11 is 0. The Morgan fingerprint density at radius 1 is 1.22 bits per heavy atom. The minimum atomic E-state index is -0.375. The molecule has 0 aliphatic rings. The van der Waals surface area contributed by atoms with Gasteiger partial charge in [0.1, 0.15) is 29.0 Å². The van der Waals surface area contributed by atoms with Crippen molar-refractivity contribution in [2.45, 2.75) is 6.54 Å². The molecule has 4 aromatic rings. The first-order chi connectivity index (χ1) is 11.2. The molecular formula is C15H11FN6O. The van der Waals surface area contributed by atoms with Crippen molar-refractivity contribution in [3.8, 4) is 11.4 Å². The van der Waals surface area contributed by atoms with Gasteiger partial charge < -0.3 is 14.8 Å². The van der Waals surface area contributed by atoms with Gasteiger partial charge in [-0.15, -0.1) is 0 Å². The van der Waals surface area contributed by atoms with Gasteiger partial charge in [-0.1, -0.05) is 11.2 Å². The van der Waals surface area contributed by atoms with Crippen molar-refractivity contribution < 1.29 is 8.91 Å². The Morgan fingerprint density at radius 3 is 2.87 bits per heavy atom. The van der Waals surface area contributed by atoms with Crippen LogP contribution in [0, 0.1) is 5.82 Å². The lowest BCUT2D eigenvalue weighted by Crippen LogP contribution is -2.06. The van der Waals surface area contributed by atoms with Gasteiger partial charge in [-0.3, -0.25) is 0 Å². The van der Waals surface area contributed by atoms with Crippen molar-refractivity contribution in [3.63, 3.8) is 0 Å². The van der Waals surface area contributed by atoms with Gasteiger partial charge in [0.2, 0.25) is 0 Å². The second-order valence-electron chi connectivity index (χ2n) is 4.96. The summed E-state index contributed by atoms with van der Waals surface area (Å²) in [4.78, 5) is 4.47. The molecule has 0 atom stereocenters. The van der Waals surface area contributed by atoms with Crippen LogP contribution in [-0.2, 0) is 6.54 Å². The summed E-state index contributed by atoms with van der Waals surface area (Å²) in [6.07, 6.45) is 2.97. The molecule has 0 fully saturated rings. The van der Waals surface area contributed by atoms with Gasteiger partial charge in [-0.25, -0.2) is 9.37 Å². The molecule has 3 heterocycles. The van der Waals surface area contributed by atoms with Crippen molar-refractivity contribution in [1.29, 1.82) is 0 Å². The number of rotatable bonds is 3. The SMILES string of the molecule is Nc1nocc1-c1nc2cccc(F)c2n1Cc1cccnn1. The van der Waals surface area contributed by atoms with Crippen LogP contribution in [0.5, 0.6) is 0 Å². The number of hydrogen-bond donors (Lipinski definition) is 1. The maximum Gasteiger partial charge on any atom is 0.177 e. The Hall–Kier alpha value is -3.29. The number of benzene rings is 1. The van der Waals surface area contributed by atoms with Crippen LogP contribution < -0.4 is 5.73 Å². The Balaban J connectivity index is 1.97. The number of nitrogens with two attached hydrogens (primary N) is 1. The molecule has 4 rings (SSSR count). The van der Waals surface area contributed by atoms with E-state index in [1.54, 1.807) is 35.0 Å². The Morgan fingerprint density at radius 2 is 2.13 bits per heavy atom. The molecule has 0 bridgehead atoms. The summed E-state index contributed by atoms with van der Waals surface area (Å²) in [5.41, 5.74) is 7.88. The standard InChI is InChI=1S/C15H11FN6O/c16-11-4-1-5-12-13(11)22(7-9-3-2-6-18-20-9)15(19-12)10-8-23-21-14(10)17/h1-6,8H,7H2,(H2,17,21). The number of anilines is 1. The molecule has 0 spiro atoms. The van der Waals surface area contributed by atoms with E-state index in [-0.39, 0.29) is 11.6 Å². The third-order valence-corrected chi connectivity index (χ3v) is 3.50. The maximum atomic E-state index is 14.3. The first kappa shape index (κ1) is 13.4. The highest BCUT2D eigenvalue weighted by Crippen LogP contribution is 2.30. The van der Waals surface area contributed by atoms with E-state index in [4.69, 9.17) is 10.3 Å². The molecule has 23 heavy (non-hydrogen) atoms. The number of hydrogen-bond acceptors (Lipinski definition) is 6. The first-order valence-electron chi connectivity index (χ1n) is 6.85. The van der Waals surface area contributed by atoms with Gasteiger partial charge in [0, 0.05) is 6.20 Å². The molecule has 8 heteroatoms. The van der Waals surface area contributed by atoms with E-state index in [2.05, 4.69) is 20.3 Å². The number of imidazole rings is 1. The summed E-state index contributed by atoms with van der Waals surface area (Å²) in [7, 11) is 0. The van der Waals surface area contributed by atoms with Crippen LogP contribution in [0.25, 0.3) is 22.4 Å². The highest BCUT2D eigenvalue weighted by atomic mass is 19.1. The molecule has 0 saturated heterocycles. The second-order valence-corrected chi connectivity index (χ2v) is 4.96. The van der Waals surface area contributed by atoms with E-state index in [1.807, 2.05) is 0 Å². The zero-order chi connectivity index (χ0) is 15.8. The zero-order valence-corrected chi connectivity index (χ0v) is 11.8. The van der Waals surface area contributed by atoms with Gasteiger partial charge >= 0.3 is 0 Å². The molecule has 1 aromatic carbocycles. The summed E-state index contributed by atoms with van der Waals surface area (Å²) in [6, 6.07) is 8.31. The second kappa shape index (κ2) is 5.16. The predicted molar refractivity (Wildman–Crippen MR) is 80.7 cm³/mol. The fourth-order valence-corrected chi connectivity index (χ4v) is 2.49. The Bertz CT molecular complexity index is 978. The summed E-state index contributed by atoms with van der Waals surface area (Å²) < 4.78 is 20.9. The summed E-state index contributed by atoms with van der Waals surface area (Å²) in [5, 5.41) is 11.5. The van der Waals surface area contributed by atoms with E-state index >= 15 is 0 Å². The van der Waals surface area contributed by atoms with E-state index in [0.717, 1.165) is 0 Å². The molecule has 7 nitrogen and oxygen atoms in total. The van der Waals surface area contributed by atoms with E-state index in [1.165, 1.54) is 12.3 Å². The van der Waals surface area contributed by atoms with Gasteiger partial charge in [-0.05, 0) is 24.3 Å². The molecule has 0 amide bonds. The zero-order valence-electron chi connectivity index (χ0n) is 11.8. The molecule has 0 aliphatic heterocycles. The van der Waals surface area contributed by atoms with Gasteiger partial charge in [0.15, 0.2) is 5.82 Å². The third kappa shape index (κ3) is 2.20. The number of nitrogen functional groups attached to an aromatic ring is 1. The van der Waals surface area contributed by atoms with E-state index < -0.39 is 0 Å². The predicted octanol–water partition coefficient (Wildman–Crippen LogP) is 2.25. The van der Waals surface area contributed by atoms with Crippen LogP contribution in [0.15, 0.2) is 47.3 Å². The minimum absolute atomic E-state index is 0.195. The van der Waals surface area contributed by atoms with Gasteiger partial charge in [0.25, 0.3) is 0 Å². The monoisotopic (exact) mass is 310 g/mol. The lowest BCUT2D eigenvalue weighted by atomic mass is 10.3. The van der Waals surface area contributed by atoms with Gasteiger partial charge in [-0.2, -0.15) is 10.2 Å². The van der Waals surface area contributed by atoms with Crippen LogP contribution in [0.1, 0.15) is 5.69 Å². The molecule has 114 valence electrons. The Kier molecular flexibility index (Phi) is 3.00. The lowest BCUT2D eigenvalue weighted by molar-refractivity contribution is 0.423. The smallest absolute Gasteiger partial charge is 0.177 e. The highest BCUT2D eigenvalue weighted by Gasteiger charge is 2.20. The number of aromatic nitrogens is 5. The van der Waals surface area contributed by atoms with E-state index in [0.29, 0.717) is 34.7 Å². The van der Waals surface area contributed by atoms with Crippen molar-refractivity contribution in [1.82, 2.24) is 24.9 Å². The number of halogens is 1. The Labute approximate surface area is 129 Å². The van der Waals surface area contributed by atoms with Crippen LogP contribution in [0.2, 0.25) is 0 Å². The third-order valence-electron chi connectivity index (χ3n) is 3.50. The molecule has 0 radical (unpaired) electrons. The van der Waals surface area contributed by atoms with Crippen LogP contribution in [0.3, 0.4) is 0 Å². The highest BCUT2D eigenvalue weighted by molar-refractivity contribution is 5.83. The average Bonchev–Trinajstić information content (AvgIpc) is 3.13. The largest absolute Gasteiger partial charge is 0.380 e. The summed E-state index contributed by atoms with van der Waals surface area (Å²) in [5.74, 6) is 0.288. The molecule has 3 aromatic heterocycles. The lowest BCUT2D eigenvalue weighted by Gasteiger charge is -2.08. The number of para-hydroxylation sites is 1. The van der Waals surface area contributed by atoms with Crippen LogP contribution in [0.4, 0.5) is 10.2 Å².